The average Bonchev–Trinajstić information content (AvgIpc) is 3.09. The van der Waals surface area contributed by atoms with Crippen molar-refractivity contribution >= 4 is 22.5 Å². The number of carbonyl (C=O) groups excluding carboxylic acids is 1. The number of carboxylic acids is 1. The van der Waals surface area contributed by atoms with Crippen LogP contribution in [0.15, 0.2) is 72.8 Å². The lowest BCUT2D eigenvalue weighted by atomic mass is 9.79. The summed E-state index contributed by atoms with van der Waals surface area (Å²) in [5.74, 6) is -2.11. The number of ketones is 1. The van der Waals surface area contributed by atoms with E-state index in [0.29, 0.717) is 18.4 Å². The van der Waals surface area contributed by atoms with Gasteiger partial charge in [0.1, 0.15) is 35.4 Å². The van der Waals surface area contributed by atoms with Gasteiger partial charge in [-0.05, 0) is 84.7 Å². The van der Waals surface area contributed by atoms with E-state index in [9.17, 15) is 40.2 Å². The normalized spacial score (nSPS) is 22.2. The maximum Gasteiger partial charge on any atom is 0.335 e. The van der Waals surface area contributed by atoms with Crippen LogP contribution in [0.4, 0.5) is 0 Å². The van der Waals surface area contributed by atoms with Crippen LogP contribution in [-0.2, 0) is 24.0 Å². The van der Waals surface area contributed by atoms with Crippen LogP contribution in [0.1, 0.15) is 76.1 Å². The summed E-state index contributed by atoms with van der Waals surface area (Å²) in [5, 5.41) is 65.2. The number of fused-ring (bicyclic) bond motifs is 1. The Hall–Kier alpha value is -4.32. The summed E-state index contributed by atoms with van der Waals surface area (Å²) >= 11 is 0. The average molecular weight is 687 g/mol. The second-order valence-electron chi connectivity index (χ2n) is 13.6. The lowest BCUT2D eigenvalue weighted by molar-refractivity contribution is -0.315. The summed E-state index contributed by atoms with van der Waals surface area (Å²) in [5.41, 5.74) is 1.68. The van der Waals surface area contributed by atoms with Crippen LogP contribution >= 0.6 is 0 Å². The van der Waals surface area contributed by atoms with Crippen LogP contribution in [0.2, 0.25) is 0 Å². The van der Waals surface area contributed by atoms with Gasteiger partial charge in [0.2, 0.25) is 6.29 Å². The molecule has 1 heterocycles. The SMILES string of the molecule is Cc1cc2cc(C(=O)O)cc(OC3OC(CO)C(O)(CCC(C)C)C(O)C3O)c2c(O)c1C(=O)CCc1ccccc1CCc1ccccc1. The quantitative estimate of drug-likeness (QED) is 0.0976. The Morgan fingerprint density at radius 3 is 2.24 bits per heavy atom. The van der Waals surface area contributed by atoms with Crippen LogP contribution in [0, 0.1) is 12.8 Å². The summed E-state index contributed by atoms with van der Waals surface area (Å²) in [7, 11) is 0. The van der Waals surface area contributed by atoms with E-state index >= 15 is 0 Å². The van der Waals surface area contributed by atoms with Crippen LogP contribution in [0.3, 0.4) is 0 Å². The van der Waals surface area contributed by atoms with Gasteiger partial charge < -0.3 is 40.1 Å². The molecule has 0 saturated carbocycles. The molecule has 0 aromatic heterocycles. The van der Waals surface area contributed by atoms with Gasteiger partial charge in [0, 0.05) is 6.42 Å². The first-order chi connectivity index (χ1) is 23.8. The molecule has 0 amide bonds. The van der Waals surface area contributed by atoms with Crippen LogP contribution in [0.25, 0.3) is 10.8 Å². The highest BCUT2D eigenvalue weighted by Crippen LogP contribution is 2.42. The van der Waals surface area contributed by atoms with E-state index < -0.39 is 48.5 Å². The Morgan fingerprint density at radius 1 is 0.940 bits per heavy atom. The van der Waals surface area contributed by atoms with Gasteiger partial charge in [0.05, 0.1) is 23.1 Å². The Kier molecular flexibility index (Phi) is 11.6. The summed E-state index contributed by atoms with van der Waals surface area (Å²) in [6.07, 6.45) is -3.92. The molecule has 6 N–H and O–H groups in total. The van der Waals surface area contributed by atoms with Crippen molar-refractivity contribution < 1.29 is 49.7 Å². The number of hydrogen-bond acceptors (Lipinski definition) is 9. The van der Waals surface area contributed by atoms with E-state index in [1.165, 1.54) is 11.6 Å². The molecule has 5 atom stereocenters. The number of Topliss-reactive ketones (excluding diaryl/α,β-unsaturated/α-hetero) is 1. The van der Waals surface area contributed by atoms with Gasteiger partial charge in [-0.3, -0.25) is 4.79 Å². The van der Waals surface area contributed by atoms with Gasteiger partial charge in [-0.25, -0.2) is 4.79 Å². The van der Waals surface area contributed by atoms with Crippen LogP contribution in [0.5, 0.6) is 11.5 Å². The Labute approximate surface area is 291 Å². The number of carboxylic acid groups (broad SMARTS) is 1. The van der Waals surface area contributed by atoms with Gasteiger partial charge in [0.15, 0.2) is 5.78 Å². The molecular weight excluding hydrogens is 640 g/mol. The monoisotopic (exact) mass is 686 g/mol. The molecule has 4 aromatic rings. The number of aromatic hydroxyl groups is 1. The molecule has 1 fully saturated rings. The van der Waals surface area contributed by atoms with Crippen molar-refractivity contribution in [3.8, 4) is 11.5 Å². The van der Waals surface area contributed by atoms with Gasteiger partial charge >= 0.3 is 5.97 Å². The van der Waals surface area contributed by atoms with Gasteiger partial charge in [-0.15, -0.1) is 0 Å². The molecule has 0 aliphatic carbocycles. The first-order valence-electron chi connectivity index (χ1n) is 17.0. The minimum absolute atomic E-state index is 0.0127. The molecule has 1 saturated heterocycles. The number of carbonyl (C=O) groups is 2. The van der Waals surface area contributed by atoms with E-state index in [4.69, 9.17) is 9.47 Å². The maximum absolute atomic E-state index is 13.8. The number of ether oxygens (including phenoxy) is 2. The van der Waals surface area contributed by atoms with E-state index in [-0.39, 0.29) is 52.2 Å². The molecule has 5 unspecified atom stereocenters. The van der Waals surface area contributed by atoms with Gasteiger partial charge in [-0.2, -0.15) is 0 Å². The predicted molar refractivity (Wildman–Crippen MR) is 188 cm³/mol. The second kappa shape index (κ2) is 15.7. The van der Waals surface area contributed by atoms with E-state index in [0.717, 1.165) is 30.0 Å². The van der Waals surface area contributed by atoms with Crippen molar-refractivity contribution in [2.75, 3.05) is 6.61 Å². The molecule has 10 nitrogen and oxygen atoms in total. The third-order valence-electron chi connectivity index (χ3n) is 9.67. The Morgan fingerprint density at radius 2 is 1.60 bits per heavy atom. The first kappa shape index (κ1) is 36.9. The van der Waals surface area contributed by atoms with Crippen molar-refractivity contribution in [2.45, 2.75) is 89.5 Å². The molecule has 1 aliphatic heterocycles. The fourth-order valence-electron chi connectivity index (χ4n) is 6.78. The van der Waals surface area contributed by atoms with Crippen LogP contribution in [-0.4, -0.2) is 79.2 Å². The molecule has 0 bridgehead atoms. The van der Waals surface area contributed by atoms with Crippen molar-refractivity contribution in [1.29, 1.82) is 0 Å². The zero-order chi connectivity index (χ0) is 36.2. The molecular formula is C40H46O10. The highest BCUT2D eigenvalue weighted by atomic mass is 16.7. The molecule has 5 rings (SSSR count). The standard InChI is InChI=1S/C40H46O10/c1-23(2)17-18-40(48)32(22-41)50-39(36(44)37(40)45)49-31-21-29(38(46)47)20-28-19-24(3)33(35(43)34(28)31)30(42)16-15-27-12-8-7-11-26(27)14-13-25-9-5-4-6-10-25/h4-12,19-21,23,32,36-37,39,41,43-45,48H,13-18,22H2,1-3H3,(H,46,47). The van der Waals surface area contributed by atoms with E-state index in [1.807, 2.05) is 50.2 Å². The number of aliphatic hydroxyl groups is 4. The molecule has 0 radical (unpaired) electrons. The maximum atomic E-state index is 13.8. The molecule has 10 heteroatoms. The number of phenols is 1. The molecule has 266 valence electrons. The highest BCUT2D eigenvalue weighted by Gasteiger charge is 2.55. The van der Waals surface area contributed by atoms with E-state index in [1.54, 1.807) is 13.0 Å². The topological polar surface area (TPSA) is 174 Å². The lowest BCUT2D eigenvalue weighted by Crippen LogP contribution is -2.67. The minimum atomic E-state index is -1.98. The largest absolute Gasteiger partial charge is 0.506 e. The number of rotatable bonds is 14. The number of aromatic carboxylic acids is 1. The van der Waals surface area contributed by atoms with Crippen molar-refractivity contribution in [1.82, 2.24) is 0 Å². The van der Waals surface area contributed by atoms with Crippen LogP contribution < -0.4 is 4.74 Å². The van der Waals surface area contributed by atoms with Crippen molar-refractivity contribution in [3.05, 3.63) is 106 Å². The summed E-state index contributed by atoms with van der Waals surface area (Å²) < 4.78 is 11.7. The number of hydrogen-bond donors (Lipinski definition) is 6. The third kappa shape index (κ3) is 7.85. The fraction of sp³-hybridized carbons (Fsp3) is 0.400. The fourth-order valence-corrected chi connectivity index (χ4v) is 6.78. The lowest BCUT2D eigenvalue weighted by Gasteiger charge is -2.48. The van der Waals surface area contributed by atoms with Gasteiger partial charge in [-0.1, -0.05) is 74.5 Å². The zero-order valence-corrected chi connectivity index (χ0v) is 28.6. The second-order valence-corrected chi connectivity index (χ2v) is 13.6. The smallest absolute Gasteiger partial charge is 0.335 e. The minimum Gasteiger partial charge on any atom is -0.506 e. The Balaban J connectivity index is 1.44. The molecule has 1 aliphatic rings. The zero-order valence-electron chi connectivity index (χ0n) is 28.6. The van der Waals surface area contributed by atoms with E-state index in [2.05, 4.69) is 18.2 Å². The molecule has 0 spiro atoms. The third-order valence-corrected chi connectivity index (χ3v) is 9.67. The summed E-state index contributed by atoms with van der Waals surface area (Å²) in [4.78, 5) is 25.9. The predicted octanol–water partition coefficient (Wildman–Crippen LogP) is 5.14. The summed E-state index contributed by atoms with van der Waals surface area (Å²) in [6.45, 7) is 4.81. The number of phenolic OH excluding ortho intramolecular Hbond substituents is 1. The van der Waals surface area contributed by atoms with Crippen molar-refractivity contribution in [3.63, 3.8) is 0 Å². The number of benzene rings is 4. The van der Waals surface area contributed by atoms with Gasteiger partial charge in [0.25, 0.3) is 0 Å². The number of aryl methyl sites for hydroxylation is 4. The number of aliphatic hydroxyl groups excluding tert-OH is 3. The first-order valence-corrected chi connectivity index (χ1v) is 17.0. The Bertz CT molecular complexity index is 1820. The van der Waals surface area contributed by atoms with Crippen molar-refractivity contribution in [2.24, 2.45) is 5.92 Å². The highest BCUT2D eigenvalue weighted by molar-refractivity contribution is 6.09. The summed E-state index contributed by atoms with van der Waals surface area (Å²) in [6, 6.07) is 22.2. The molecule has 4 aromatic carbocycles. The molecule has 50 heavy (non-hydrogen) atoms.